The monoisotopic (exact) mass is 326 g/mol. The Bertz CT molecular complexity index is 704. The second-order valence-electron chi connectivity index (χ2n) is 5.84. The zero-order chi connectivity index (χ0) is 16.8. The van der Waals surface area contributed by atoms with Crippen LogP contribution in [0.5, 0.6) is 0 Å². The third-order valence-corrected chi connectivity index (χ3v) is 4.05. The third kappa shape index (κ3) is 3.98. The van der Waals surface area contributed by atoms with Gasteiger partial charge in [0, 0.05) is 36.7 Å². The van der Waals surface area contributed by atoms with Crippen molar-refractivity contribution in [2.75, 3.05) is 24.1 Å². The molecule has 0 radical (unpaired) electrons. The van der Waals surface area contributed by atoms with Crippen LogP contribution >= 0.6 is 0 Å². The predicted octanol–water partition coefficient (Wildman–Crippen LogP) is 1.56. The first-order valence-electron chi connectivity index (χ1n) is 8.31. The minimum Gasteiger partial charge on any atom is -0.384 e. The molecule has 0 atom stereocenters. The third-order valence-electron chi connectivity index (χ3n) is 4.05. The number of fused-ring (bicyclic) bond motifs is 1. The van der Waals surface area contributed by atoms with Crippen LogP contribution in [-0.2, 0) is 12.8 Å². The van der Waals surface area contributed by atoms with E-state index in [4.69, 9.17) is 5.73 Å². The first-order valence-corrected chi connectivity index (χ1v) is 8.31. The van der Waals surface area contributed by atoms with Crippen LogP contribution in [0.3, 0.4) is 0 Å². The second kappa shape index (κ2) is 7.72. The Balaban J connectivity index is 1.51. The molecule has 0 fully saturated rings. The van der Waals surface area contributed by atoms with Gasteiger partial charge in [0.1, 0.15) is 5.69 Å². The van der Waals surface area contributed by atoms with Gasteiger partial charge in [-0.15, -0.1) is 0 Å². The zero-order valence-electron chi connectivity index (χ0n) is 13.6. The molecule has 1 aliphatic carbocycles. The van der Waals surface area contributed by atoms with Gasteiger partial charge in [-0.05, 0) is 44.2 Å². The van der Waals surface area contributed by atoms with Gasteiger partial charge in [0.15, 0.2) is 0 Å². The van der Waals surface area contributed by atoms with Gasteiger partial charge in [0.05, 0.1) is 5.69 Å². The Hall–Kier alpha value is -2.70. The molecule has 1 aliphatic rings. The molecule has 7 heteroatoms. The lowest BCUT2D eigenvalue weighted by Crippen LogP contribution is -2.29. The van der Waals surface area contributed by atoms with Gasteiger partial charge >= 0.3 is 0 Å². The van der Waals surface area contributed by atoms with Gasteiger partial charge in [-0.3, -0.25) is 9.78 Å². The summed E-state index contributed by atoms with van der Waals surface area (Å²) in [5.41, 5.74) is 9.05. The van der Waals surface area contributed by atoms with E-state index in [1.165, 1.54) is 0 Å². The van der Waals surface area contributed by atoms with Crippen LogP contribution in [0.1, 0.15) is 41.0 Å². The number of nitrogens with zero attached hydrogens (tertiary/aromatic N) is 3. The van der Waals surface area contributed by atoms with Crippen LogP contribution in [0.25, 0.3) is 0 Å². The van der Waals surface area contributed by atoms with Crippen molar-refractivity contribution < 1.29 is 4.79 Å². The van der Waals surface area contributed by atoms with E-state index in [1.54, 1.807) is 12.4 Å². The van der Waals surface area contributed by atoms with Gasteiger partial charge in [0.2, 0.25) is 5.95 Å². The molecule has 4 N–H and O–H groups in total. The number of carbonyl (C=O) groups excluding carboxylic acids is 1. The number of amides is 1. The first kappa shape index (κ1) is 16.2. The number of rotatable bonds is 6. The maximum Gasteiger partial charge on any atom is 0.270 e. The number of anilines is 2. The van der Waals surface area contributed by atoms with Crippen molar-refractivity contribution in [1.82, 2.24) is 20.3 Å². The summed E-state index contributed by atoms with van der Waals surface area (Å²) >= 11 is 0. The van der Waals surface area contributed by atoms with E-state index in [-0.39, 0.29) is 11.9 Å². The summed E-state index contributed by atoms with van der Waals surface area (Å²) in [6.45, 7) is 1.33. The summed E-state index contributed by atoms with van der Waals surface area (Å²) in [4.78, 5) is 24.9. The number of nitrogens with two attached hydrogens (primary N) is 1. The number of aryl methyl sites for hydroxylation is 1. The van der Waals surface area contributed by atoms with Crippen molar-refractivity contribution in [1.29, 1.82) is 0 Å². The number of hydrogen-bond acceptors (Lipinski definition) is 6. The average Bonchev–Trinajstić information content (AvgIpc) is 2.61. The quantitative estimate of drug-likeness (QED) is 0.696. The van der Waals surface area contributed by atoms with Gasteiger partial charge in [0.25, 0.3) is 5.91 Å². The lowest BCUT2D eigenvalue weighted by atomic mass is 9.94. The molecule has 0 unspecified atom stereocenters. The fourth-order valence-electron chi connectivity index (χ4n) is 2.88. The first-order chi connectivity index (χ1) is 11.7. The lowest BCUT2D eigenvalue weighted by molar-refractivity contribution is 0.0947. The maximum absolute atomic E-state index is 12.4. The smallest absolute Gasteiger partial charge is 0.270 e. The Morgan fingerprint density at radius 1 is 1.21 bits per heavy atom. The average molecular weight is 326 g/mol. The largest absolute Gasteiger partial charge is 0.384 e. The minimum atomic E-state index is -0.163. The van der Waals surface area contributed by atoms with Crippen LogP contribution in [-0.4, -0.2) is 33.9 Å². The molecule has 24 heavy (non-hydrogen) atoms. The van der Waals surface area contributed by atoms with Crippen LogP contribution in [0.2, 0.25) is 0 Å². The van der Waals surface area contributed by atoms with Gasteiger partial charge in [-0.2, -0.15) is 0 Å². The summed E-state index contributed by atoms with van der Waals surface area (Å²) in [5, 5.41) is 6.18. The maximum atomic E-state index is 12.4. The van der Waals surface area contributed by atoms with E-state index in [1.807, 2.05) is 12.1 Å². The molecule has 0 aliphatic heterocycles. The molecule has 126 valence electrons. The Kier molecular flexibility index (Phi) is 5.20. The van der Waals surface area contributed by atoms with E-state index < -0.39 is 0 Å². The van der Waals surface area contributed by atoms with Crippen LogP contribution in [0.15, 0.2) is 24.5 Å². The molecule has 0 aromatic carbocycles. The SMILES string of the molecule is Nc1nc2c(c(C(=O)NCCCNc3cccnc3)n1)CCCC2. The van der Waals surface area contributed by atoms with Gasteiger partial charge in [-0.25, -0.2) is 9.97 Å². The van der Waals surface area contributed by atoms with Crippen molar-refractivity contribution in [3.63, 3.8) is 0 Å². The van der Waals surface area contributed by atoms with Crippen LogP contribution < -0.4 is 16.4 Å². The predicted molar refractivity (Wildman–Crippen MR) is 92.8 cm³/mol. The molecule has 0 saturated carbocycles. The van der Waals surface area contributed by atoms with Gasteiger partial charge < -0.3 is 16.4 Å². The van der Waals surface area contributed by atoms with Crippen molar-refractivity contribution in [2.24, 2.45) is 0 Å². The van der Waals surface area contributed by atoms with Crippen LogP contribution in [0, 0.1) is 0 Å². The Morgan fingerprint density at radius 3 is 2.92 bits per heavy atom. The Labute approximate surface area is 141 Å². The fourth-order valence-corrected chi connectivity index (χ4v) is 2.88. The highest BCUT2D eigenvalue weighted by Crippen LogP contribution is 2.22. The minimum absolute atomic E-state index is 0.163. The summed E-state index contributed by atoms with van der Waals surface area (Å²) in [6, 6.07) is 3.84. The molecule has 1 amide bonds. The highest BCUT2D eigenvalue weighted by Gasteiger charge is 2.21. The van der Waals surface area contributed by atoms with Crippen molar-refractivity contribution >= 4 is 17.5 Å². The normalized spacial score (nSPS) is 13.2. The molecular weight excluding hydrogens is 304 g/mol. The summed E-state index contributed by atoms with van der Waals surface area (Å²) in [5.74, 6) is 0.0164. The molecule has 2 aromatic heterocycles. The molecule has 7 nitrogen and oxygen atoms in total. The summed E-state index contributed by atoms with van der Waals surface area (Å²) in [6.07, 6.45) is 8.19. The van der Waals surface area contributed by atoms with Crippen molar-refractivity contribution in [2.45, 2.75) is 32.1 Å². The number of aromatic nitrogens is 3. The highest BCUT2D eigenvalue weighted by molar-refractivity contribution is 5.94. The van der Waals surface area contributed by atoms with Crippen LogP contribution in [0.4, 0.5) is 11.6 Å². The van der Waals surface area contributed by atoms with Crippen molar-refractivity contribution in [3.05, 3.63) is 41.5 Å². The zero-order valence-corrected chi connectivity index (χ0v) is 13.6. The summed E-state index contributed by atoms with van der Waals surface area (Å²) < 4.78 is 0. The highest BCUT2D eigenvalue weighted by atomic mass is 16.1. The number of hydrogen-bond donors (Lipinski definition) is 3. The molecule has 0 bridgehead atoms. The number of pyridine rings is 1. The Morgan fingerprint density at radius 2 is 2.08 bits per heavy atom. The van der Waals surface area contributed by atoms with E-state index >= 15 is 0 Å². The molecule has 0 saturated heterocycles. The lowest BCUT2D eigenvalue weighted by Gasteiger charge is -2.17. The van der Waals surface area contributed by atoms with E-state index in [2.05, 4.69) is 25.6 Å². The molecule has 2 aromatic rings. The fraction of sp³-hybridized carbons (Fsp3) is 0.412. The summed E-state index contributed by atoms with van der Waals surface area (Å²) in [7, 11) is 0. The molecular formula is C17H22N6O. The van der Waals surface area contributed by atoms with E-state index in [9.17, 15) is 4.79 Å². The molecule has 3 rings (SSSR count). The molecule has 2 heterocycles. The topological polar surface area (TPSA) is 106 Å². The number of carbonyl (C=O) groups is 1. The van der Waals surface area contributed by atoms with Gasteiger partial charge in [-0.1, -0.05) is 0 Å². The van der Waals surface area contributed by atoms with E-state index in [0.717, 1.165) is 55.6 Å². The standard InChI is InChI=1S/C17H22N6O/c18-17-22-14-7-2-1-6-13(14)15(23-17)16(24)21-10-4-9-20-12-5-3-8-19-11-12/h3,5,8,11,20H,1-2,4,6-7,9-10H2,(H,21,24)(H2,18,22,23). The van der Waals surface area contributed by atoms with Crippen molar-refractivity contribution in [3.8, 4) is 0 Å². The van der Waals surface area contributed by atoms with E-state index in [0.29, 0.717) is 12.2 Å². The second-order valence-corrected chi connectivity index (χ2v) is 5.84. The number of nitrogen functional groups attached to an aromatic ring is 1. The molecule has 0 spiro atoms. The number of nitrogens with one attached hydrogen (secondary N) is 2.